The van der Waals surface area contributed by atoms with Crippen molar-refractivity contribution in [2.45, 2.75) is 17.5 Å². The highest BCUT2D eigenvalue weighted by Gasteiger charge is 2.16. The van der Waals surface area contributed by atoms with Gasteiger partial charge in [-0.15, -0.1) is 23.5 Å². The van der Waals surface area contributed by atoms with Gasteiger partial charge in [0.1, 0.15) is 5.75 Å². The van der Waals surface area contributed by atoms with E-state index in [2.05, 4.69) is 17.4 Å². The van der Waals surface area contributed by atoms with E-state index in [0.29, 0.717) is 28.4 Å². The molecule has 3 N–H and O–H groups in total. The second kappa shape index (κ2) is 11.8. The Hall–Kier alpha value is -2.52. The van der Waals surface area contributed by atoms with Gasteiger partial charge >= 0.3 is 0 Å². The molecule has 0 bridgehead atoms. The van der Waals surface area contributed by atoms with Gasteiger partial charge in [0.2, 0.25) is 0 Å². The van der Waals surface area contributed by atoms with Gasteiger partial charge in [-0.2, -0.15) is 0 Å². The summed E-state index contributed by atoms with van der Waals surface area (Å²) in [5, 5.41) is 2.81. The van der Waals surface area contributed by atoms with Gasteiger partial charge in [0, 0.05) is 6.54 Å². The zero-order valence-electron chi connectivity index (χ0n) is 17.3. The van der Waals surface area contributed by atoms with E-state index in [1.807, 2.05) is 35.7 Å². The van der Waals surface area contributed by atoms with Crippen molar-refractivity contribution < 1.29 is 23.8 Å². The third-order valence-corrected chi connectivity index (χ3v) is 7.45. The van der Waals surface area contributed by atoms with Crippen molar-refractivity contribution >= 4 is 35.3 Å². The standard InChI is InChI=1S/C22H26N2O5S2/c1-27-19-11-15(3-8-18(19)29-13-20(23)25)12-24-21(26)14-28-17-6-4-16(5-7-17)22-30-9-2-10-31-22/h3-8,11,22H,2,9-10,12-14H2,1H3,(H2,23,25)(H,24,26). The van der Waals surface area contributed by atoms with E-state index in [0.717, 1.165) is 5.56 Å². The molecule has 0 radical (unpaired) electrons. The van der Waals surface area contributed by atoms with Crippen molar-refractivity contribution in [3.8, 4) is 17.2 Å². The molecule has 0 saturated carbocycles. The summed E-state index contributed by atoms with van der Waals surface area (Å²) in [4.78, 5) is 23.0. The molecule has 3 rings (SSSR count). The summed E-state index contributed by atoms with van der Waals surface area (Å²) in [5.74, 6) is 3.14. The van der Waals surface area contributed by atoms with Crippen LogP contribution in [0.4, 0.5) is 0 Å². The number of methoxy groups -OCH3 is 1. The van der Waals surface area contributed by atoms with Crippen LogP contribution >= 0.6 is 23.5 Å². The predicted molar refractivity (Wildman–Crippen MR) is 124 cm³/mol. The van der Waals surface area contributed by atoms with Crippen LogP contribution in [0.2, 0.25) is 0 Å². The number of carbonyl (C=O) groups is 2. The highest BCUT2D eigenvalue weighted by molar-refractivity contribution is 8.16. The minimum atomic E-state index is -0.570. The number of nitrogens with one attached hydrogen (secondary N) is 1. The van der Waals surface area contributed by atoms with E-state index in [1.54, 1.807) is 18.2 Å². The molecule has 0 atom stereocenters. The number of ether oxygens (including phenoxy) is 3. The molecule has 31 heavy (non-hydrogen) atoms. The molecule has 2 amide bonds. The normalized spacial score (nSPS) is 14.0. The average molecular weight is 463 g/mol. The fourth-order valence-electron chi connectivity index (χ4n) is 2.89. The fraction of sp³-hybridized carbons (Fsp3) is 0.364. The number of thioether (sulfide) groups is 2. The Morgan fingerprint density at radius 1 is 1.03 bits per heavy atom. The molecule has 2 aromatic rings. The molecule has 0 aliphatic carbocycles. The molecule has 1 heterocycles. The molecule has 2 aromatic carbocycles. The minimum Gasteiger partial charge on any atom is -0.493 e. The molecule has 166 valence electrons. The largest absolute Gasteiger partial charge is 0.493 e. The van der Waals surface area contributed by atoms with Crippen molar-refractivity contribution in [1.82, 2.24) is 5.32 Å². The summed E-state index contributed by atoms with van der Waals surface area (Å²) in [6, 6.07) is 13.1. The highest BCUT2D eigenvalue weighted by atomic mass is 32.2. The minimum absolute atomic E-state index is 0.0663. The van der Waals surface area contributed by atoms with Crippen molar-refractivity contribution in [2.24, 2.45) is 5.73 Å². The van der Waals surface area contributed by atoms with Crippen LogP contribution in [0.5, 0.6) is 17.2 Å². The van der Waals surface area contributed by atoms with E-state index in [-0.39, 0.29) is 19.1 Å². The van der Waals surface area contributed by atoms with Crippen LogP contribution < -0.4 is 25.3 Å². The molecule has 1 aliphatic rings. The first kappa shape index (κ1) is 23.1. The lowest BCUT2D eigenvalue weighted by molar-refractivity contribution is -0.123. The number of rotatable bonds is 10. The lowest BCUT2D eigenvalue weighted by Crippen LogP contribution is -2.28. The summed E-state index contributed by atoms with van der Waals surface area (Å²) in [5.41, 5.74) is 7.19. The fourth-order valence-corrected chi connectivity index (χ4v) is 5.79. The van der Waals surface area contributed by atoms with E-state index in [9.17, 15) is 9.59 Å². The SMILES string of the molecule is COc1cc(CNC(=O)COc2ccc(C3SCCCS3)cc2)ccc1OCC(N)=O. The molecular weight excluding hydrogens is 436 g/mol. The number of nitrogens with two attached hydrogens (primary N) is 1. The third kappa shape index (κ3) is 7.29. The van der Waals surface area contributed by atoms with Gasteiger partial charge < -0.3 is 25.3 Å². The van der Waals surface area contributed by atoms with Crippen molar-refractivity contribution in [1.29, 1.82) is 0 Å². The van der Waals surface area contributed by atoms with Gasteiger partial charge in [-0.05, 0) is 53.3 Å². The molecule has 9 heteroatoms. The molecule has 0 unspecified atom stereocenters. The first-order valence-corrected chi connectivity index (χ1v) is 12.0. The van der Waals surface area contributed by atoms with E-state index < -0.39 is 5.91 Å². The van der Waals surface area contributed by atoms with Gasteiger partial charge in [-0.3, -0.25) is 9.59 Å². The van der Waals surface area contributed by atoms with Crippen molar-refractivity contribution in [3.63, 3.8) is 0 Å². The maximum atomic E-state index is 12.2. The lowest BCUT2D eigenvalue weighted by atomic mass is 10.2. The number of benzene rings is 2. The summed E-state index contributed by atoms with van der Waals surface area (Å²) in [6.45, 7) is 0.00995. The van der Waals surface area contributed by atoms with Crippen molar-refractivity contribution in [2.75, 3.05) is 31.8 Å². The van der Waals surface area contributed by atoms with E-state index in [1.165, 1.54) is 30.6 Å². The maximum absolute atomic E-state index is 12.2. The number of hydrogen-bond donors (Lipinski definition) is 2. The van der Waals surface area contributed by atoms with Crippen LogP contribution in [-0.4, -0.2) is 43.6 Å². The Balaban J connectivity index is 1.45. The van der Waals surface area contributed by atoms with Crippen molar-refractivity contribution in [3.05, 3.63) is 53.6 Å². The van der Waals surface area contributed by atoms with Gasteiger partial charge in [0.15, 0.2) is 24.7 Å². The predicted octanol–water partition coefficient (Wildman–Crippen LogP) is 3.12. The first-order valence-electron chi connectivity index (χ1n) is 9.86. The van der Waals surface area contributed by atoms with Crippen LogP contribution in [0.15, 0.2) is 42.5 Å². The zero-order valence-corrected chi connectivity index (χ0v) is 18.9. The molecule has 7 nitrogen and oxygen atoms in total. The van der Waals surface area contributed by atoms with Gasteiger partial charge in [-0.1, -0.05) is 18.2 Å². The number of primary amides is 1. The van der Waals surface area contributed by atoms with Gasteiger partial charge in [0.25, 0.3) is 11.8 Å². The van der Waals surface area contributed by atoms with E-state index >= 15 is 0 Å². The summed E-state index contributed by atoms with van der Waals surface area (Å²) < 4.78 is 16.6. The molecule has 0 spiro atoms. The lowest BCUT2D eigenvalue weighted by Gasteiger charge is -2.21. The summed E-state index contributed by atoms with van der Waals surface area (Å²) in [7, 11) is 1.50. The van der Waals surface area contributed by atoms with E-state index in [4.69, 9.17) is 19.9 Å². The van der Waals surface area contributed by atoms with Crippen LogP contribution in [0.3, 0.4) is 0 Å². The average Bonchev–Trinajstić information content (AvgIpc) is 2.81. The molecule has 1 aliphatic heterocycles. The Morgan fingerprint density at radius 2 is 1.77 bits per heavy atom. The number of carbonyl (C=O) groups excluding carboxylic acids is 2. The Kier molecular flexibility index (Phi) is 8.78. The number of amides is 2. The Morgan fingerprint density at radius 3 is 2.45 bits per heavy atom. The Labute approximate surface area is 190 Å². The molecule has 1 fully saturated rings. The first-order chi connectivity index (χ1) is 15.0. The van der Waals surface area contributed by atoms with Crippen LogP contribution in [0.1, 0.15) is 22.1 Å². The van der Waals surface area contributed by atoms with Gasteiger partial charge in [0.05, 0.1) is 11.7 Å². The highest BCUT2D eigenvalue weighted by Crippen LogP contribution is 2.43. The molecule has 1 saturated heterocycles. The third-order valence-electron chi connectivity index (χ3n) is 4.44. The second-order valence-corrected chi connectivity index (χ2v) is 9.53. The summed E-state index contributed by atoms with van der Waals surface area (Å²) in [6.07, 6.45) is 1.27. The second-order valence-electron chi connectivity index (χ2n) is 6.80. The molecule has 0 aromatic heterocycles. The number of hydrogen-bond acceptors (Lipinski definition) is 7. The van der Waals surface area contributed by atoms with Crippen LogP contribution in [0.25, 0.3) is 0 Å². The van der Waals surface area contributed by atoms with Crippen LogP contribution in [-0.2, 0) is 16.1 Å². The quantitative estimate of drug-likeness (QED) is 0.560. The topological polar surface area (TPSA) is 99.9 Å². The Bertz CT molecular complexity index is 886. The monoisotopic (exact) mass is 462 g/mol. The molecular formula is C22H26N2O5S2. The maximum Gasteiger partial charge on any atom is 0.258 e. The van der Waals surface area contributed by atoms with Crippen LogP contribution in [0, 0.1) is 0 Å². The van der Waals surface area contributed by atoms with Gasteiger partial charge in [-0.25, -0.2) is 0 Å². The zero-order chi connectivity index (χ0) is 22.1. The summed E-state index contributed by atoms with van der Waals surface area (Å²) >= 11 is 3.95. The smallest absolute Gasteiger partial charge is 0.258 e.